The molecule has 0 bridgehead atoms. The first-order valence-corrected chi connectivity index (χ1v) is 10.9. The number of hydrogen-bond donors (Lipinski definition) is 1. The summed E-state index contributed by atoms with van der Waals surface area (Å²) in [7, 11) is 0. The van der Waals surface area contributed by atoms with Gasteiger partial charge in [-0.15, -0.1) is 0 Å². The Bertz CT molecular complexity index is 1140. The number of carbonyl (C=O) groups excluding carboxylic acids is 2. The monoisotopic (exact) mass is 448 g/mol. The highest BCUT2D eigenvalue weighted by molar-refractivity contribution is 5.94. The van der Waals surface area contributed by atoms with Gasteiger partial charge in [0.15, 0.2) is 0 Å². The maximum absolute atomic E-state index is 13.0. The quantitative estimate of drug-likeness (QED) is 0.598. The number of ether oxygens (including phenoxy) is 1. The van der Waals surface area contributed by atoms with Crippen molar-refractivity contribution in [2.45, 2.75) is 25.4 Å². The molecule has 0 aliphatic carbocycles. The predicted molar refractivity (Wildman–Crippen MR) is 121 cm³/mol. The molecule has 2 heterocycles. The highest BCUT2D eigenvalue weighted by Crippen LogP contribution is 2.29. The molecule has 1 saturated heterocycles. The van der Waals surface area contributed by atoms with Crippen LogP contribution in [0.2, 0.25) is 0 Å². The third kappa shape index (κ3) is 5.59. The molecule has 1 fully saturated rings. The van der Waals surface area contributed by atoms with Crippen LogP contribution in [0.25, 0.3) is 11.3 Å². The van der Waals surface area contributed by atoms with E-state index in [9.17, 15) is 14.0 Å². The van der Waals surface area contributed by atoms with E-state index in [2.05, 4.69) is 9.97 Å². The van der Waals surface area contributed by atoms with Gasteiger partial charge in [-0.3, -0.25) is 19.6 Å². The zero-order valence-corrected chi connectivity index (χ0v) is 18.1. The molecule has 0 saturated carbocycles. The van der Waals surface area contributed by atoms with E-state index < -0.39 is 12.0 Å². The van der Waals surface area contributed by atoms with Crippen molar-refractivity contribution >= 4 is 11.8 Å². The fraction of sp³-hybridized carbons (Fsp3) is 0.280. The maximum Gasteiger partial charge on any atom is 0.248 e. The van der Waals surface area contributed by atoms with Gasteiger partial charge in [0.25, 0.3) is 0 Å². The van der Waals surface area contributed by atoms with Crippen molar-refractivity contribution in [2.24, 2.45) is 5.73 Å². The summed E-state index contributed by atoms with van der Waals surface area (Å²) < 4.78 is 19.0. The van der Waals surface area contributed by atoms with Gasteiger partial charge in [-0.2, -0.15) is 0 Å². The first kappa shape index (κ1) is 22.5. The fourth-order valence-electron chi connectivity index (χ4n) is 3.92. The molecule has 170 valence electrons. The number of aromatic nitrogens is 2. The Morgan fingerprint density at radius 1 is 1.12 bits per heavy atom. The van der Waals surface area contributed by atoms with E-state index in [1.165, 1.54) is 12.1 Å². The summed E-state index contributed by atoms with van der Waals surface area (Å²) in [5.41, 5.74) is 8.72. The van der Waals surface area contributed by atoms with Crippen LogP contribution in [0.3, 0.4) is 0 Å². The number of amides is 2. The summed E-state index contributed by atoms with van der Waals surface area (Å²) in [6, 6.07) is 13.2. The first-order chi connectivity index (χ1) is 16.0. The van der Waals surface area contributed by atoms with Crippen LogP contribution in [0.4, 0.5) is 4.39 Å². The van der Waals surface area contributed by atoms with E-state index in [-0.39, 0.29) is 11.7 Å². The number of benzene rings is 2. The number of halogens is 1. The summed E-state index contributed by atoms with van der Waals surface area (Å²) in [4.78, 5) is 35.1. The molecule has 7 nitrogen and oxygen atoms in total. The predicted octanol–water partition coefficient (Wildman–Crippen LogP) is 3.30. The van der Waals surface area contributed by atoms with Crippen molar-refractivity contribution < 1.29 is 18.7 Å². The number of hydrogen-bond acceptors (Lipinski definition) is 5. The van der Waals surface area contributed by atoms with Crippen molar-refractivity contribution in [2.75, 3.05) is 19.7 Å². The smallest absolute Gasteiger partial charge is 0.248 e. The Labute approximate surface area is 191 Å². The van der Waals surface area contributed by atoms with Gasteiger partial charge in [-0.1, -0.05) is 24.3 Å². The molecule has 1 aromatic heterocycles. The molecule has 1 aliphatic heterocycles. The van der Waals surface area contributed by atoms with Gasteiger partial charge in [0.05, 0.1) is 24.5 Å². The lowest BCUT2D eigenvalue weighted by Gasteiger charge is -2.33. The van der Waals surface area contributed by atoms with Crippen molar-refractivity contribution in [3.8, 4) is 11.3 Å². The Morgan fingerprint density at radius 2 is 1.91 bits per heavy atom. The van der Waals surface area contributed by atoms with Gasteiger partial charge < -0.3 is 15.4 Å². The zero-order chi connectivity index (χ0) is 23.2. The van der Waals surface area contributed by atoms with Crippen LogP contribution in [-0.4, -0.2) is 46.4 Å². The highest BCUT2D eigenvalue weighted by atomic mass is 19.1. The molecule has 0 unspecified atom stereocenters. The normalized spacial score (nSPS) is 15.9. The summed E-state index contributed by atoms with van der Waals surface area (Å²) in [6.07, 6.45) is 4.53. The zero-order valence-electron chi connectivity index (χ0n) is 18.1. The van der Waals surface area contributed by atoms with Gasteiger partial charge in [0, 0.05) is 36.5 Å². The molecule has 8 heteroatoms. The van der Waals surface area contributed by atoms with E-state index in [1.807, 2.05) is 6.07 Å². The summed E-state index contributed by atoms with van der Waals surface area (Å²) in [5.74, 6) is -0.737. The average molecular weight is 448 g/mol. The second-order valence-electron chi connectivity index (χ2n) is 7.91. The van der Waals surface area contributed by atoms with Crippen LogP contribution < -0.4 is 5.73 Å². The van der Waals surface area contributed by atoms with E-state index in [0.29, 0.717) is 61.5 Å². The SMILES string of the molecule is NC(=O)c1cccc(-c2nccnc2[C@@H]2CN(C(=O)CCCc3ccc(F)cc3)CCO2)c1. The van der Waals surface area contributed by atoms with E-state index >= 15 is 0 Å². The Morgan fingerprint density at radius 3 is 2.70 bits per heavy atom. The molecule has 0 spiro atoms. The lowest BCUT2D eigenvalue weighted by Crippen LogP contribution is -2.42. The third-order valence-corrected chi connectivity index (χ3v) is 5.64. The minimum absolute atomic E-state index is 0.0478. The van der Waals surface area contributed by atoms with E-state index in [1.54, 1.807) is 47.6 Å². The number of carbonyl (C=O) groups is 2. The van der Waals surface area contributed by atoms with Gasteiger partial charge in [-0.25, -0.2) is 4.39 Å². The molecule has 2 amide bonds. The fourth-order valence-corrected chi connectivity index (χ4v) is 3.92. The van der Waals surface area contributed by atoms with Gasteiger partial charge in [0.2, 0.25) is 11.8 Å². The number of nitrogens with two attached hydrogens (primary N) is 1. The van der Waals surface area contributed by atoms with Gasteiger partial charge in [-0.05, 0) is 42.7 Å². The van der Waals surface area contributed by atoms with E-state index in [4.69, 9.17) is 10.5 Å². The second-order valence-corrected chi connectivity index (χ2v) is 7.91. The number of morpholine rings is 1. The Kier molecular flexibility index (Phi) is 7.04. The van der Waals surface area contributed by atoms with Crippen LogP contribution >= 0.6 is 0 Å². The second kappa shape index (κ2) is 10.3. The van der Waals surface area contributed by atoms with Crippen LogP contribution in [0.15, 0.2) is 60.9 Å². The summed E-state index contributed by atoms with van der Waals surface area (Å²) in [5, 5.41) is 0. The largest absolute Gasteiger partial charge is 0.368 e. The Hall–Kier alpha value is -3.65. The topological polar surface area (TPSA) is 98.4 Å². The molecule has 3 aromatic rings. The van der Waals surface area contributed by atoms with Crippen molar-refractivity contribution in [3.05, 3.63) is 83.6 Å². The van der Waals surface area contributed by atoms with Crippen molar-refractivity contribution in [1.82, 2.24) is 14.9 Å². The van der Waals surface area contributed by atoms with Gasteiger partial charge in [0.1, 0.15) is 11.9 Å². The molecule has 4 rings (SSSR count). The maximum atomic E-state index is 13.0. The van der Waals surface area contributed by atoms with Crippen molar-refractivity contribution in [1.29, 1.82) is 0 Å². The van der Waals surface area contributed by atoms with Crippen LogP contribution in [0.5, 0.6) is 0 Å². The summed E-state index contributed by atoms with van der Waals surface area (Å²) in [6.45, 7) is 1.28. The number of nitrogens with zero attached hydrogens (tertiary/aromatic N) is 3. The summed E-state index contributed by atoms with van der Waals surface area (Å²) >= 11 is 0. The third-order valence-electron chi connectivity index (χ3n) is 5.64. The van der Waals surface area contributed by atoms with Crippen LogP contribution in [0.1, 0.15) is 40.6 Å². The Balaban J connectivity index is 1.43. The molecule has 33 heavy (non-hydrogen) atoms. The number of primary amides is 1. The average Bonchev–Trinajstić information content (AvgIpc) is 2.85. The molecule has 0 radical (unpaired) electrons. The molecule has 1 aliphatic rings. The molecular weight excluding hydrogens is 423 g/mol. The first-order valence-electron chi connectivity index (χ1n) is 10.9. The van der Waals surface area contributed by atoms with Crippen LogP contribution in [-0.2, 0) is 16.0 Å². The van der Waals surface area contributed by atoms with Crippen molar-refractivity contribution in [3.63, 3.8) is 0 Å². The van der Waals surface area contributed by atoms with Crippen LogP contribution in [0, 0.1) is 5.82 Å². The minimum atomic E-state index is -0.520. The molecule has 2 N–H and O–H groups in total. The molecular formula is C25H25FN4O3. The number of aryl methyl sites for hydroxylation is 1. The van der Waals surface area contributed by atoms with E-state index in [0.717, 1.165) is 5.56 Å². The minimum Gasteiger partial charge on any atom is -0.368 e. The molecule has 1 atom stereocenters. The van der Waals surface area contributed by atoms with Gasteiger partial charge >= 0.3 is 0 Å². The molecule has 2 aromatic carbocycles. The lowest BCUT2D eigenvalue weighted by molar-refractivity contribution is -0.139. The lowest BCUT2D eigenvalue weighted by atomic mass is 10.0. The highest BCUT2D eigenvalue weighted by Gasteiger charge is 2.28. The standard InChI is InChI=1S/C25H25FN4O3/c26-20-9-7-17(8-10-20)3-1-6-22(31)30-13-14-33-21(16-30)24-23(28-11-12-29-24)18-4-2-5-19(15-18)25(27)32/h2,4-5,7-12,15,21H,1,3,6,13-14,16H2,(H2,27,32)/t21-/m0/s1. The number of rotatable bonds is 7.